The van der Waals surface area contributed by atoms with Crippen molar-refractivity contribution in [1.82, 2.24) is 0 Å². The van der Waals surface area contributed by atoms with Crippen LogP contribution in [-0.4, -0.2) is 46.7 Å². The number of benzene rings is 2. The van der Waals surface area contributed by atoms with E-state index in [0.717, 1.165) is 30.3 Å². The fourth-order valence-electron chi connectivity index (χ4n) is 2.69. The second-order valence-electron chi connectivity index (χ2n) is 5.39. The van der Waals surface area contributed by atoms with Crippen LogP contribution >= 0.6 is 0 Å². The van der Waals surface area contributed by atoms with E-state index in [1.54, 1.807) is 0 Å². The van der Waals surface area contributed by atoms with E-state index >= 15 is 0 Å². The van der Waals surface area contributed by atoms with Crippen LogP contribution in [0, 0.1) is 0 Å². The number of carboxylic acids is 2. The molecule has 1 aliphatic carbocycles. The van der Waals surface area contributed by atoms with Crippen molar-refractivity contribution in [2.24, 2.45) is 0 Å². The van der Waals surface area contributed by atoms with Gasteiger partial charge in [-0.2, -0.15) is 8.42 Å². The molecule has 132 valence electrons. The minimum atomic E-state index is -4.63. The number of carbonyl (C=O) groups is 4. The molecule has 0 bridgehead atoms. The number of hydrogen-bond donors (Lipinski definition) is 3. The molecule has 0 heterocycles. The number of aromatic carboxylic acids is 2. The largest absolute Gasteiger partial charge is 0.478 e. The van der Waals surface area contributed by atoms with Crippen molar-refractivity contribution in [1.29, 1.82) is 0 Å². The van der Waals surface area contributed by atoms with Gasteiger partial charge in [0.05, 0.1) is 16.0 Å². The fourth-order valence-corrected chi connectivity index (χ4v) is 3.20. The summed E-state index contributed by atoms with van der Waals surface area (Å²) in [6.45, 7) is 0. The molecule has 2 aromatic carbocycles. The Kier molecular flexibility index (Phi) is 3.74. The number of hydrogen-bond acceptors (Lipinski definition) is 6. The monoisotopic (exact) mass is 376 g/mol. The highest BCUT2D eigenvalue weighted by molar-refractivity contribution is 7.85. The molecule has 0 radical (unpaired) electrons. The van der Waals surface area contributed by atoms with E-state index in [1.165, 1.54) is 0 Å². The first-order chi connectivity index (χ1) is 12.0. The van der Waals surface area contributed by atoms with E-state index in [9.17, 15) is 27.6 Å². The van der Waals surface area contributed by atoms with E-state index in [-0.39, 0.29) is 22.3 Å². The van der Waals surface area contributed by atoms with Crippen molar-refractivity contribution < 1.29 is 42.4 Å². The lowest BCUT2D eigenvalue weighted by Crippen LogP contribution is -2.23. The molecule has 0 atom stereocenters. The summed E-state index contributed by atoms with van der Waals surface area (Å²) in [5.74, 6) is -4.82. The minimum Gasteiger partial charge on any atom is -0.478 e. The quantitative estimate of drug-likeness (QED) is 0.568. The molecule has 2 aromatic rings. The highest BCUT2D eigenvalue weighted by Gasteiger charge is 2.33. The van der Waals surface area contributed by atoms with Gasteiger partial charge in [-0.15, -0.1) is 0 Å². The summed E-state index contributed by atoms with van der Waals surface area (Å²) in [5, 5.41) is 18.3. The van der Waals surface area contributed by atoms with Crippen molar-refractivity contribution in [3.8, 4) is 0 Å². The van der Waals surface area contributed by atoms with Crippen molar-refractivity contribution in [2.45, 2.75) is 4.90 Å². The summed E-state index contributed by atoms with van der Waals surface area (Å²) in [7, 11) is -4.63. The summed E-state index contributed by atoms with van der Waals surface area (Å²) in [4.78, 5) is 47.1. The molecular weight excluding hydrogens is 368 g/mol. The zero-order valence-corrected chi connectivity index (χ0v) is 13.4. The Morgan fingerprint density at radius 2 is 1.15 bits per heavy atom. The van der Waals surface area contributed by atoms with Crippen LogP contribution in [0.2, 0.25) is 0 Å². The first-order valence-electron chi connectivity index (χ1n) is 6.88. The molecule has 3 rings (SSSR count). The van der Waals surface area contributed by atoms with Crippen molar-refractivity contribution in [3.05, 3.63) is 63.7 Å². The minimum absolute atomic E-state index is 0.186. The van der Waals surface area contributed by atoms with Crippen LogP contribution in [0.4, 0.5) is 0 Å². The third-order valence-corrected chi connectivity index (χ3v) is 4.74. The lowest BCUT2D eigenvalue weighted by atomic mass is 9.82. The fraction of sp³-hybridized carbons (Fsp3) is 0. The first-order valence-corrected chi connectivity index (χ1v) is 8.32. The van der Waals surface area contributed by atoms with Gasteiger partial charge in [-0.25, -0.2) is 9.59 Å². The van der Waals surface area contributed by atoms with Gasteiger partial charge in [-0.1, -0.05) is 0 Å². The molecule has 0 amide bonds. The number of carboxylic acid groups (broad SMARTS) is 2. The van der Waals surface area contributed by atoms with Crippen LogP contribution < -0.4 is 0 Å². The van der Waals surface area contributed by atoms with Crippen molar-refractivity contribution in [3.63, 3.8) is 0 Å². The molecule has 3 N–H and O–H groups in total. The van der Waals surface area contributed by atoms with E-state index < -0.39 is 49.6 Å². The molecule has 10 heteroatoms. The van der Waals surface area contributed by atoms with E-state index in [4.69, 9.17) is 14.8 Å². The molecular formula is C16H8O9S. The average Bonchev–Trinajstić information content (AvgIpc) is 2.57. The Balaban J connectivity index is 2.31. The maximum atomic E-state index is 12.6. The van der Waals surface area contributed by atoms with Crippen LogP contribution in [0.3, 0.4) is 0 Å². The lowest BCUT2D eigenvalue weighted by Gasteiger charge is -2.19. The van der Waals surface area contributed by atoms with E-state index in [2.05, 4.69) is 0 Å². The van der Waals surface area contributed by atoms with Crippen LogP contribution in [0.1, 0.15) is 52.6 Å². The second kappa shape index (κ2) is 5.58. The standard InChI is InChI=1S/C16H8O9S/c17-13-7-2-1-6(26(23,24)25)3-8(7)14(18)10-5-12(16(21)22)11(15(19)20)4-9(10)13/h1-5H,(H,19,20)(H,21,22)(H,23,24,25). The highest BCUT2D eigenvalue weighted by atomic mass is 32.2. The second-order valence-corrected chi connectivity index (χ2v) is 6.82. The van der Waals surface area contributed by atoms with Gasteiger partial charge in [0.15, 0.2) is 11.6 Å². The number of fused-ring (bicyclic) bond motifs is 2. The molecule has 0 fully saturated rings. The molecule has 0 aliphatic heterocycles. The third-order valence-electron chi connectivity index (χ3n) is 3.89. The molecule has 9 nitrogen and oxygen atoms in total. The maximum Gasteiger partial charge on any atom is 0.336 e. The summed E-state index contributed by atoms with van der Waals surface area (Å²) in [6.07, 6.45) is 0. The van der Waals surface area contributed by atoms with Gasteiger partial charge in [0.1, 0.15) is 0 Å². The summed E-state index contributed by atoms with van der Waals surface area (Å²) in [6, 6.07) is 4.33. The number of carbonyl (C=O) groups excluding carboxylic acids is 2. The summed E-state index contributed by atoms with van der Waals surface area (Å²) < 4.78 is 31.5. The molecule has 0 spiro atoms. The lowest BCUT2D eigenvalue weighted by molar-refractivity contribution is 0.0651. The predicted molar refractivity (Wildman–Crippen MR) is 83.5 cm³/mol. The van der Waals surface area contributed by atoms with Gasteiger partial charge in [-0.3, -0.25) is 14.1 Å². The Labute approximate surface area is 145 Å². The molecule has 1 aliphatic rings. The first kappa shape index (κ1) is 17.5. The average molecular weight is 376 g/mol. The van der Waals surface area contributed by atoms with Gasteiger partial charge in [-0.05, 0) is 30.3 Å². The van der Waals surface area contributed by atoms with Gasteiger partial charge < -0.3 is 10.2 Å². The smallest absolute Gasteiger partial charge is 0.336 e. The van der Waals surface area contributed by atoms with Crippen molar-refractivity contribution >= 4 is 33.6 Å². The van der Waals surface area contributed by atoms with Crippen molar-refractivity contribution in [2.75, 3.05) is 0 Å². The van der Waals surface area contributed by atoms with Gasteiger partial charge in [0.25, 0.3) is 10.1 Å². The van der Waals surface area contributed by atoms with E-state index in [1.807, 2.05) is 0 Å². The molecule has 0 unspecified atom stereocenters. The van der Waals surface area contributed by atoms with Gasteiger partial charge in [0.2, 0.25) is 0 Å². The topological polar surface area (TPSA) is 163 Å². The summed E-state index contributed by atoms with van der Waals surface area (Å²) in [5.41, 5.74) is -2.53. The molecule has 0 saturated heterocycles. The Morgan fingerprint density at radius 1 is 0.731 bits per heavy atom. The molecule has 0 aromatic heterocycles. The predicted octanol–water partition coefficient (Wildman–Crippen LogP) is 1.11. The summed E-state index contributed by atoms with van der Waals surface area (Å²) >= 11 is 0. The van der Waals surface area contributed by atoms with Crippen LogP contribution in [0.15, 0.2) is 35.2 Å². The Bertz CT molecular complexity index is 1140. The Hall–Kier alpha value is -3.37. The number of ketones is 2. The van der Waals surface area contributed by atoms with Gasteiger partial charge in [0, 0.05) is 22.3 Å². The molecule has 0 saturated carbocycles. The Morgan fingerprint density at radius 3 is 1.58 bits per heavy atom. The van der Waals surface area contributed by atoms with Crippen LogP contribution in [-0.2, 0) is 10.1 Å². The highest BCUT2D eigenvalue weighted by Crippen LogP contribution is 2.31. The van der Waals surface area contributed by atoms with Crippen LogP contribution in [0.5, 0.6) is 0 Å². The molecule has 26 heavy (non-hydrogen) atoms. The zero-order valence-electron chi connectivity index (χ0n) is 12.6. The van der Waals surface area contributed by atoms with Crippen LogP contribution in [0.25, 0.3) is 0 Å². The third kappa shape index (κ3) is 2.57. The SMILES string of the molecule is O=C(O)c1cc2c(cc1C(=O)O)C(=O)c1cc(S(=O)(=O)O)ccc1C2=O. The number of rotatable bonds is 3. The van der Waals surface area contributed by atoms with Gasteiger partial charge >= 0.3 is 11.9 Å². The van der Waals surface area contributed by atoms with E-state index in [0.29, 0.717) is 0 Å². The zero-order chi connectivity index (χ0) is 19.4. The maximum absolute atomic E-state index is 12.6. The normalized spacial score (nSPS) is 13.1.